The Balaban J connectivity index is 2.62. The van der Waals surface area contributed by atoms with E-state index in [-0.39, 0.29) is 0 Å². The second-order valence-electron chi connectivity index (χ2n) is 3.28. The summed E-state index contributed by atoms with van der Waals surface area (Å²) in [6.45, 7) is 4.21. The van der Waals surface area contributed by atoms with Gasteiger partial charge in [-0.25, -0.2) is 9.97 Å². The fraction of sp³-hybridized carbons (Fsp3) is 0.333. The molecule has 3 nitrogen and oxygen atoms in total. The molecule has 68 valence electrons. The third-order valence-electron chi connectivity index (χ3n) is 1.88. The Morgan fingerprint density at radius 1 is 1.31 bits per heavy atom. The van der Waals surface area contributed by atoms with E-state index >= 15 is 0 Å². The topological polar surface area (TPSA) is 41.6 Å². The summed E-state index contributed by atoms with van der Waals surface area (Å²) >= 11 is 3.31. The lowest BCUT2D eigenvalue weighted by Crippen LogP contribution is -1.88. The molecule has 0 aliphatic rings. The van der Waals surface area contributed by atoms with Gasteiger partial charge in [0.2, 0.25) is 0 Å². The van der Waals surface area contributed by atoms with Gasteiger partial charge in [0.05, 0.1) is 5.52 Å². The minimum Gasteiger partial charge on any atom is -0.340 e. The van der Waals surface area contributed by atoms with Crippen molar-refractivity contribution in [3.8, 4) is 0 Å². The zero-order valence-electron chi connectivity index (χ0n) is 7.50. The van der Waals surface area contributed by atoms with Crippen molar-refractivity contribution in [2.45, 2.75) is 19.8 Å². The minimum absolute atomic E-state index is 0.410. The molecule has 0 aliphatic carbocycles. The second kappa shape index (κ2) is 3.10. The van der Waals surface area contributed by atoms with Crippen LogP contribution in [0.2, 0.25) is 0 Å². The number of rotatable bonds is 1. The summed E-state index contributed by atoms with van der Waals surface area (Å²) in [5, 5.41) is 0. The molecule has 0 spiro atoms. The molecule has 2 aromatic heterocycles. The van der Waals surface area contributed by atoms with E-state index in [0.717, 1.165) is 21.6 Å². The van der Waals surface area contributed by atoms with Gasteiger partial charge in [0, 0.05) is 5.92 Å². The quantitative estimate of drug-likeness (QED) is 0.778. The first-order valence-electron chi connectivity index (χ1n) is 4.19. The van der Waals surface area contributed by atoms with Crippen LogP contribution in [-0.4, -0.2) is 15.0 Å². The van der Waals surface area contributed by atoms with Crippen molar-refractivity contribution >= 4 is 27.1 Å². The van der Waals surface area contributed by atoms with Crippen molar-refractivity contribution in [1.29, 1.82) is 0 Å². The van der Waals surface area contributed by atoms with Crippen LogP contribution in [0.25, 0.3) is 11.2 Å². The molecule has 0 bridgehead atoms. The number of aromatic nitrogens is 3. The number of hydrogen-bond donors (Lipinski definition) is 1. The molecule has 1 N–H and O–H groups in total. The van der Waals surface area contributed by atoms with Gasteiger partial charge >= 0.3 is 0 Å². The molecule has 4 heteroatoms. The number of pyridine rings is 1. The van der Waals surface area contributed by atoms with Gasteiger partial charge in [0.15, 0.2) is 5.65 Å². The summed E-state index contributed by atoms with van der Waals surface area (Å²) in [6.07, 6.45) is 0. The van der Waals surface area contributed by atoms with Crippen molar-refractivity contribution in [3.63, 3.8) is 0 Å². The number of halogens is 1. The third-order valence-corrected chi connectivity index (χ3v) is 2.32. The number of nitrogens with one attached hydrogen (secondary N) is 1. The first-order valence-corrected chi connectivity index (χ1v) is 4.98. The van der Waals surface area contributed by atoms with E-state index in [1.807, 2.05) is 12.1 Å². The molecule has 2 rings (SSSR count). The number of aromatic amines is 1. The molecule has 0 fully saturated rings. The Labute approximate surface area is 84.7 Å². The Morgan fingerprint density at radius 2 is 2.08 bits per heavy atom. The highest BCUT2D eigenvalue weighted by atomic mass is 79.9. The van der Waals surface area contributed by atoms with Crippen LogP contribution in [0.15, 0.2) is 16.7 Å². The number of fused-ring (bicyclic) bond motifs is 1. The summed E-state index contributed by atoms with van der Waals surface area (Å²) in [4.78, 5) is 11.9. The fourth-order valence-electron chi connectivity index (χ4n) is 1.16. The number of hydrogen-bond acceptors (Lipinski definition) is 2. The molecule has 0 aliphatic heterocycles. The summed E-state index contributed by atoms with van der Waals surface area (Å²) in [6, 6.07) is 3.88. The predicted octanol–water partition coefficient (Wildman–Crippen LogP) is 2.84. The highest BCUT2D eigenvalue weighted by Crippen LogP contribution is 2.17. The van der Waals surface area contributed by atoms with E-state index in [0.29, 0.717) is 5.92 Å². The summed E-state index contributed by atoms with van der Waals surface area (Å²) in [5.41, 5.74) is 1.77. The van der Waals surface area contributed by atoms with Gasteiger partial charge in [-0.2, -0.15) is 0 Å². The van der Waals surface area contributed by atoms with Crippen LogP contribution >= 0.6 is 15.9 Å². The molecule has 0 radical (unpaired) electrons. The van der Waals surface area contributed by atoms with Crippen molar-refractivity contribution in [3.05, 3.63) is 22.6 Å². The molecule has 0 saturated heterocycles. The lowest BCUT2D eigenvalue weighted by molar-refractivity contribution is 0.798. The van der Waals surface area contributed by atoms with Gasteiger partial charge in [-0.1, -0.05) is 13.8 Å². The maximum absolute atomic E-state index is 4.38. The smallest absolute Gasteiger partial charge is 0.178 e. The Hall–Kier alpha value is -0.900. The zero-order valence-corrected chi connectivity index (χ0v) is 9.09. The molecule has 0 amide bonds. The van der Waals surface area contributed by atoms with E-state index in [2.05, 4.69) is 44.7 Å². The van der Waals surface area contributed by atoms with Gasteiger partial charge in [-0.3, -0.25) is 0 Å². The van der Waals surface area contributed by atoms with E-state index in [1.54, 1.807) is 0 Å². The van der Waals surface area contributed by atoms with Crippen molar-refractivity contribution in [1.82, 2.24) is 15.0 Å². The maximum Gasteiger partial charge on any atom is 0.178 e. The van der Waals surface area contributed by atoms with Crippen LogP contribution in [0.3, 0.4) is 0 Å². The molecular formula is C9H10BrN3. The molecule has 2 heterocycles. The predicted molar refractivity (Wildman–Crippen MR) is 55.7 cm³/mol. The number of imidazole rings is 1. The second-order valence-corrected chi connectivity index (χ2v) is 4.09. The van der Waals surface area contributed by atoms with E-state index in [1.165, 1.54) is 0 Å². The molecule has 0 unspecified atom stereocenters. The first-order chi connectivity index (χ1) is 6.16. The molecule has 13 heavy (non-hydrogen) atoms. The third kappa shape index (κ3) is 1.58. The average Bonchev–Trinajstić information content (AvgIpc) is 2.46. The average molecular weight is 240 g/mol. The SMILES string of the molecule is CC(C)c1nc2nc(Br)ccc2[nH]1. The standard InChI is InChI=1S/C9H10BrN3/c1-5(2)8-11-6-3-4-7(10)12-9(6)13-8/h3-5H,1-2H3,(H,11,12,13). The largest absolute Gasteiger partial charge is 0.340 e. The van der Waals surface area contributed by atoms with E-state index in [4.69, 9.17) is 0 Å². The fourth-order valence-corrected chi connectivity index (χ4v) is 1.46. The molecule has 0 saturated carbocycles. The molecule has 2 aromatic rings. The Bertz CT molecular complexity index is 433. The van der Waals surface area contributed by atoms with Gasteiger partial charge < -0.3 is 4.98 Å². The Kier molecular flexibility index (Phi) is 2.07. The van der Waals surface area contributed by atoms with Gasteiger partial charge in [-0.15, -0.1) is 0 Å². The van der Waals surface area contributed by atoms with Crippen LogP contribution in [0.4, 0.5) is 0 Å². The summed E-state index contributed by atoms with van der Waals surface area (Å²) < 4.78 is 0.821. The molecule has 0 atom stereocenters. The van der Waals surface area contributed by atoms with E-state index in [9.17, 15) is 0 Å². The maximum atomic E-state index is 4.38. The zero-order chi connectivity index (χ0) is 9.42. The van der Waals surface area contributed by atoms with Crippen LogP contribution in [0.1, 0.15) is 25.6 Å². The summed E-state index contributed by atoms with van der Waals surface area (Å²) in [7, 11) is 0. The first kappa shape index (κ1) is 8.69. The highest BCUT2D eigenvalue weighted by molar-refractivity contribution is 9.10. The van der Waals surface area contributed by atoms with Crippen LogP contribution in [0.5, 0.6) is 0 Å². The molecule has 0 aromatic carbocycles. The van der Waals surface area contributed by atoms with E-state index < -0.39 is 0 Å². The Morgan fingerprint density at radius 3 is 2.77 bits per heavy atom. The number of nitrogens with zero attached hydrogens (tertiary/aromatic N) is 2. The summed E-state index contributed by atoms with van der Waals surface area (Å²) in [5.74, 6) is 1.40. The van der Waals surface area contributed by atoms with Gasteiger partial charge in [0.1, 0.15) is 10.4 Å². The van der Waals surface area contributed by atoms with Crippen LogP contribution < -0.4 is 0 Å². The van der Waals surface area contributed by atoms with Crippen molar-refractivity contribution in [2.24, 2.45) is 0 Å². The van der Waals surface area contributed by atoms with Crippen molar-refractivity contribution < 1.29 is 0 Å². The normalized spacial score (nSPS) is 11.4. The molecular weight excluding hydrogens is 230 g/mol. The van der Waals surface area contributed by atoms with Gasteiger partial charge in [0.25, 0.3) is 0 Å². The lowest BCUT2D eigenvalue weighted by atomic mass is 10.2. The van der Waals surface area contributed by atoms with Crippen molar-refractivity contribution in [2.75, 3.05) is 0 Å². The van der Waals surface area contributed by atoms with Gasteiger partial charge in [-0.05, 0) is 28.1 Å². The van der Waals surface area contributed by atoms with Crippen LogP contribution in [0, 0.1) is 0 Å². The lowest BCUT2D eigenvalue weighted by Gasteiger charge is -1.95. The van der Waals surface area contributed by atoms with Crippen LogP contribution in [-0.2, 0) is 0 Å². The monoisotopic (exact) mass is 239 g/mol. The number of H-pyrrole nitrogens is 1. The highest BCUT2D eigenvalue weighted by Gasteiger charge is 2.06. The minimum atomic E-state index is 0.410.